The van der Waals surface area contributed by atoms with Crippen molar-refractivity contribution in [1.82, 2.24) is 10.4 Å². The van der Waals surface area contributed by atoms with Crippen molar-refractivity contribution in [2.75, 3.05) is 6.54 Å². The van der Waals surface area contributed by atoms with E-state index in [9.17, 15) is 28.1 Å². The van der Waals surface area contributed by atoms with Crippen molar-refractivity contribution in [3.63, 3.8) is 0 Å². The molecular weight excluding hydrogens is 351 g/mol. The van der Waals surface area contributed by atoms with Crippen molar-refractivity contribution in [3.8, 4) is 0 Å². The van der Waals surface area contributed by atoms with Gasteiger partial charge in [-0.2, -0.15) is 13.2 Å². The highest BCUT2D eigenvalue weighted by molar-refractivity contribution is 5.86. The molecule has 1 N–H and O–H groups in total. The first-order chi connectivity index (χ1) is 12.0. The molecule has 1 unspecified atom stereocenters. The first kappa shape index (κ1) is 18.1. The van der Waals surface area contributed by atoms with Gasteiger partial charge in [0.15, 0.2) is 0 Å². The minimum absolute atomic E-state index is 0.0446. The molecule has 1 amide bonds. The SMILES string of the molecule is CC1(C)CN(C(c2ccc3cc([N+](=O)[O-])ccc3c2)C(F)(F)F)NC1=O. The van der Waals surface area contributed by atoms with Gasteiger partial charge in [-0.3, -0.25) is 20.3 Å². The fraction of sp³-hybridized carbons (Fsp3) is 0.353. The summed E-state index contributed by atoms with van der Waals surface area (Å²) in [5.74, 6) is -0.469. The maximum Gasteiger partial charge on any atom is 0.409 e. The van der Waals surface area contributed by atoms with Crippen LogP contribution in [0.3, 0.4) is 0 Å². The zero-order valence-corrected chi connectivity index (χ0v) is 14.0. The summed E-state index contributed by atoms with van der Waals surface area (Å²) >= 11 is 0. The third-order valence-corrected chi connectivity index (χ3v) is 4.42. The van der Waals surface area contributed by atoms with E-state index in [-0.39, 0.29) is 17.8 Å². The van der Waals surface area contributed by atoms with Crippen LogP contribution < -0.4 is 5.43 Å². The Morgan fingerprint density at radius 3 is 2.35 bits per heavy atom. The molecule has 1 heterocycles. The summed E-state index contributed by atoms with van der Waals surface area (Å²) in [6.45, 7) is 3.07. The predicted octanol–water partition coefficient (Wildman–Crippen LogP) is 3.72. The Labute approximate surface area is 146 Å². The summed E-state index contributed by atoms with van der Waals surface area (Å²) < 4.78 is 41.2. The summed E-state index contributed by atoms with van der Waals surface area (Å²) in [7, 11) is 0. The van der Waals surface area contributed by atoms with Gasteiger partial charge >= 0.3 is 6.18 Å². The number of carbonyl (C=O) groups is 1. The van der Waals surface area contributed by atoms with E-state index < -0.39 is 28.5 Å². The topological polar surface area (TPSA) is 75.5 Å². The molecule has 0 aliphatic carbocycles. The zero-order valence-electron chi connectivity index (χ0n) is 14.0. The number of alkyl halides is 3. The molecule has 0 saturated carbocycles. The van der Waals surface area contributed by atoms with Gasteiger partial charge in [0.2, 0.25) is 5.91 Å². The highest BCUT2D eigenvalue weighted by atomic mass is 19.4. The average Bonchev–Trinajstić information content (AvgIpc) is 2.78. The molecule has 138 valence electrons. The number of rotatable bonds is 3. The van der Waals surface area contributed by atoms with Crippen LogP contribution >= 0.6 is 0 Å². The molecule has 0 radical (unpaired) electrons. The van der Waals surface area contributed by atoms with E-state index in [1.54, 1.807) is 13.8 Å². The Bertz CT molecular complexity index is 896. The normalized spacial score (nSPS) is 18.7. The summed E-state index contributed by atoms with van der Waals surface area (Å²) in [6.07, 6.45) is -4.61. The van der Waals surface area contributed by atoms with Crippen LogP contribution in [0.25, 0.3) is 10.8 Å². The van der Waals surface area contributed by atoms with E-state index in [4.69, 9.17) is 0 Å². The minimum atomic E-state index is -4.61. The number of hydrogen-bond acceptors (Lipinski definition) is 4. The quantitative estimate of drug-likeness (QED) is 0.663. The van der Waals surface area contributed by atoms with Gasteiger partial charge in [-0.1, -0.05) is 12.1 Å². The summed E-state index contributed by atoms with van der Waals surface area (Å²) in [5.41, 5.74) is 1.20. The lowest BCUT2D eigenvalue weighted by Gasteiger charge is -2.30. The Morgan fingerprint density at radius 2 is 1.81 bits per heavy atom. The number of fused-ring (bicyclic) bond motifs is 1. The zero-order chi connectivity index (χ0) is 19.3. The second-order valence-electron chi connectivity index (χ2n) is 6.94. The van der Waals surface area contributed by atoms with Crippen molar-refractivity contribution in [1.29, 1.82) is 0 Å². The highest BCUT2D eigenvalue weighted by Crippen LogP contribution is 2.41. The van der Waals surface area contributed by atoms with E-state index in [1.807, 2.05) is 0 Å². The van der Waals surface area contributed by atoms with Crippen molar-refractivity contribution in [2.24, 2.45) is 5.41 Å². The molecule has 1 aliphatic rings. The predicted molar refractivity (Wildman–Crippen MR) is 88.0 cm³/mol. The van der Waals surface area contributed by atoms with Gasteiger partial charge in [0.1, 0.15) is 6.04 Å². The van der Waals surface area contributed by atoms with Crippen LogP contribution in [-0.2, 0) is 4.79 Å². The first-order valence-corrected chi connectivity index (χ1v) is 7.81. The van der Waals surface area contributed by atoms with Gasteiger partial charge in [-0.15, -0.1) is 0 Å². The number of amides is 1. The molecule has 26 heavy (non-hydrogen) atoms. The Hall–Kier alpha value is -2.68. The largest absolute Gasteiger partial charge is 0.409 e. The van der Waals surface area contributed by atoms with E-state index in [0.29, 0.717) is 10.8 Å². The third kappa shape index (κ3) is 3.22. The van der Waals surface area contributed by atoms with E-state index >= 15 is 0 Å². The van der Waals surface area contributed by atoms with Crippen LogP contribution in [0.4, 0.5) is 18.9 Å². The smallest absolute Gasteiger partial charge is 0.287 e. The molecule has 9 heteroatoms. The standard InChI is InChI=1S/C17H16F3N3O3/c1-16(2)9-22(21-15(16)24)14(17(18,19)20)12-4-3-11-8-13(23(25)26)6-5-10(11)7-12/h3-8,14H,9H2,1-2H3,(H,21,24). The molecule has 0 bridgehead atoms. The van der Waals surface area contributed by atoms with Crippen molar-refractivity contribution >= 4 is 22.4 Å². The van der Waals surface area contributed by atoms with Crippen molar-refractivity contribution in [3.05, 3.63) is 52.1 Å². The Kier molecular flexibility index (Phi) is 4.14. The number of carbonyl (C=O) groups excluding carboxylic acids is 1. The van der Waals surface area contributed by atoms with Crippen LogP contribution in [0.15, 0.2) is 36.4 Å². The number of nitrogens with zero attached hydrogens (tertiary/aromatic N) is 2. The number of nitro benzene ring substituents is 1. The minimum Gasteiger partial charge on any atom is -0.287 e. The summed E-state index contributed by atoms with van der Waals surface area (Å²) in [5, 5.41) is 12.6. The molecule has 0 spiro atoms. The van der Waals surface area contributed by atoms with Gasteiger partial charge < -0.3 is 0 Å². The van der Waals surface area contributed by atoms with Crippen LogP contribution in [-0.4, -0.2) is 28.6 Å². The number of hydrogen-bond donors (Lipinski definition) is 1. The molecular formula is C17H16F3N3O3. The summed E-state index contributed by atoms with van der Waals surface area (Å²) in [6, 6.07) is 6.00. The van der Waals surface area contributed by atoms with Crippen molar-refractivity contribution < 1.29 is 22.9 Å². The molecule has 1 aliphatic heterocycles. The molecule has 2 aromatic rings. The molecule has 2 aromatic carbocycles. The molecule has 1 fully saturated rings. The number of benzene rings is 2. The van der Waals surface area contributed by atoms with Crippen LogP contribution in [0.5, 0.6) is 0 Å². The number of hydrazine groups is 1. The molecule has 3 rings (SSSR count). The lowest BCUT2D eigenvalue weighted by molar-refractivity contribution is -0.384. The molecule has 1 atom stereocenters. The lowest BCUT2D eigenvalue weighted by Crippen LogP contribution is -2.43. The van der Waals surface area contributed by atoms with E-state index in [0.717, 1.165) is 5.01 Å². The number of nitro groups is 1. The second-order valence-corrected chi connectivity index (χ2v) is 6.94. The van der Waals surface area contributed by atoms with E-state index in [1.165, 1.54) is 36.4 Å². The maximum absolute atomic E-state index is 13.7. The average molecular weight is 367 g/mol. The van der Waals surface area contributed by atoms with Crippen LogP contribution in [0.1, 0.15) is 25.5 Å². The van der Waals surface area contributed by atoms with Crippen LogP contribution in [0.2, 0.25) is 0 Å². The molecule has 0 aromatic heterocycles. The molecule has 6 nitrogen and oxygen atoms in total. The molecule has 1 saturated heterocycles. The van der Waals surface area contributed by atoms with Crippen LogP contribution in [0, 0.1) is 15.5 Å². The number of nitrogens with one attached hydrogen (secondary N) is 1. The van der Waals surface area contributed by atoms with Gasteiger partial charge in [0.25, 0.3) is 5.69 Å². The monoisotopic (exact) mass is 367 g/mol. The highest BCUT2D eigenvalue weighted by Gasteiger charge is 2.51. The van der Waals surface area contributed by atoms with Gasteiger partial charge in [0, 0.05) is 18.7 Å². The fourth-order valence-electron chi connectivity index (χ4n) is 3.06. The number of non-ortho nitro benzene ring substituents is 1. The number of halogens is 3. The first-order valence-electron chi connectivity index (χ1n) is 7.81. The van der Waals surface area contributed by atoms with Gasteiger partial charge in [-0.25, -0.2) is 5.01 Å². The van der Waals surface area contributed by atoms with Crippen molar-refractivity contribution in [2.45, 2.75) is 26.1 Å². The summed E-state index contributed by atoms with van der Waals surface area (Å²) in [4.78, 5) is 22.2. The Morgan fingerprint density at radius 1 is 1.19 bits per heavy atom. The Balaban J connectivity index is 2.04. The fourth-order valence-corrected chi connectivity index (χ4v) is 3.06. The second kappa shape index (κ2) is 5.94. The van der Waals surface area contributed by atoms with Gasteiger partial charge in [-0.05, 0) is 42.3 Å². The lowest BCUT2D eigenvalue weighted by atomic mass is 9.93. The maximum atomic E-state index is 13.7. The van der Waals surface area contributed by atoms with Gasteiger partial charge in [0.05, 0.1) is 10.3 Å². The third-order valence-electron chi connectivity index (χ3n) is 4.42. The van der Waals surface area contributed by atoms with E-state index in [2.05, 4.69) is 5.43 Å².